The lowest BCUT2D eigenvalue weighted by atomic mass is 10.1. The third-order valence-corrected chi connectivity index (χ3v) is 2.33. The second-order valence-corrected chi connectivity index (χ2v) is 3.66. The van der Waals surface area contributed by atoms with Crippen LogP contribution in [0.1, 0.15) is 33.6 Å². The lowest BCUT2D eigenvalue weighted by molar-refractivity contribution is 0.434. The molecule has 10 heavy (non-hydrogen) atoms. The maximum atomic E-state index is 2.58. The van der Waals surface area contributed by atoms with Crippen molar-refractivity contribution in [3.05, 3.63) is 0 Å². The Hall–Kier alpha value is -0.0400. The van der Waals surface area contributed by atoms with Gasteiger partial charge < -0.3 is 0 Å². The van der Waals surface area contributed by atoms with Gasteiger partial charge in [0, 0.05) is 12.6 Å². The molecule has 0 aromatic rings. The molecule has 0 aromatic heterocycles. The zero-order chi connectivity index (χ0) is 7.56. The topological polar surface area (TPSA) is 3.01 Å². The van der Waals surface area contributed by atoms with Crippen LogP contribution in [-0.4, -0.2) is 24.0 Å². The van der Waals surface area contributed by atoms with Crippen LogP contribution >= 0.6 is 0 Å². The molecule has 0 N–H and O–H groups in total. The van der Waals surface area contributed by atoms with E-state index in [1.54, 1.807) is 0 Å². The fraction of sp³-hybridized carbons (Fsp3) is 1.00. The van der Waals surface area contributed by atoms with Gasteiger partial charge >= 0.3 is 0 Å². The molecule has 1 aliphatic rings. The van der Waals surface area contributed by atoms with Gasteiger partial charge in [-0.3, -0.25) is 4.90 Å². The van der Waals surface area contributed by atoms with Crippen LogP contribution in [0.25, 0.3) is 0 Å². The molecule has 1 unspecified atom stereocenters. The number of unbranched alkanes of at least 4 members (excludes halogenated alkanes) is 1. The highest BCUT2D eigenvalue weighted by Crippen LogP contribution is 2.24. The van der Waals surface area contributed by atoms with E-state index >= 15 is 0 Å². The smallest absolute Gasteiger partial charge is 0.0246 e. The van der Waals surface area contributed by atoms with E-state index in [0.29, 0.717) is 0 Å². The van der Waals surface area contributed by atoms with E-state index in [2.05, 4.69) is 25.7 Å². The largest absolute Gasteiger partial charge is 0.297 e. The Balaban J connectivity index is 2.02. The second-order valence-electron chi connectivity index (χ2n) is 3.66. The van der Waals surface area contributed by atoms with Crippen LogP contribution < -0.4 is 0 Å². The van der Waals surface area contributed by atoms with Gasteiger partial charge in [0.05, 0.1) is 0 Å². The first-order valence-corrected chi connectivity index (χ1v) is 4.49. The Kier molecular flexibility index (Phi) is 2.72. The molecule has 0 amide bonds. The van der Waals surface area contributed by atoms with Gasteiger partial charge in [-0.1, -0.05) is 27.2 Å². The summed E-state index contributed by atoms with van der Waals surface area (Å²) in [6, 6.07) is 0.923. The lowest BCUT2D eigenvalue weighted by Gasteiger charge is -2.03. The summed E-state index contributed by atoms with van der Waals surface area (Å²) >= 11 is 0. The van der Waals surface area contributed by atoms with Crippen molar-refractivity contribution >= 4 is 0 Å². The first kappa shape index (κ1) is 8.06. The average molecular weight is 141 g/mol. The van der Waals surface area contributed by atoms with E-state index in [-0.39, 0.29) is 0 Å². The molecule has 1 heterocycles. The Morgan fingerprint density at radius 2 is 2.20 bits per heavy atom. The molecule has 0 bridgehead atoms. The van der Waals surface area contributed by atoms with Gasteiger partial charge in [-0.05, 0) is 18.9 Å². The van der Waals surface area contributed by atoms with Crippen LogP contribution in [0.5, 0.6) is 0 Å². The molecular weight excluding hydrogens is 122 g/mol. The van der Waals surface area contributed by atoms with Crippen LogP contribution in [0.2, 0.25) is 0 Å². The quantitative estimate of drug-likeness (QED) is 0.542. The maximum absolute atomic E-state index is 2.58. The molecule has 0 aromatic carbocycles. The molecule has 1 saturated heterocycles. The van der Waals surface area contributed by atoms with E-state index in [9.17, 15) is 0 Å². The summed E-state index contributed by atoms with van der Waals surface area (Å²) < 4.78 is 0. The zero-order valence-electron chi connectivity index (χ0n) is 7.43. The normalized spacial score (nSPS) is 31.2. The van der Waals surface area contributed by atoms with Crippen LogP contribution in [-0.2, 0) is 0 Å². The van der Waals surface area contributed by atoms with Crippen molar-refractivity contribution in [2.45, 2.75) is 39.7 Å². The van der Waals surface area contributed by atoms with Gasteiger partial charge in [-0.25, -0.2) is 0 Å². The van der Waals surface area contributed by atoms with Crippen molar-refractivity contribution in [2.75, 3.05) is 13.1 Å². The van der Waals surface area contributed by atoms with Crippen molar-refractivity contribution in [3.8, 4) is 0 Å². The number of rotatable bonds is 4. The molecule has 1 heteroatoms. The van der Waals surface area contributed by atoms with Gasteiger partial charge in [0.15, 0.2) is 0 Å². The summed E-state index contributed by atoms with van der Waals surface area (Å²) in [4.78, 5) is 2.58. The van der Waals surface area contributed by atoms with Crippen molar-refractivity contribution < 1.29 is 0 Å². The Morgan fingerprint density at radius 3 is 2.60 bits per heavy atom. The molecule has 1 rings (SSSR count). The van der Waals surface area contributed by atoms with Gasteiger partial charge in [0.25, 0.3) is 0 Å². The SMILES string of the molecule is CCCCN1C[C@@H]1C(C)C. The van der Waals surface area contributed by atoms with E-state index in [0.717, 1.165) is 12.0 Å². The minimum atomic E-state index is 0.872. The van der Waals surface area contributed by atoms with Gasteiger partial charge in [-0.2, -0.15) is 0 Å². The molecule has 1 fully saturated rings. The molecule has 2 atom stereocenters. The highest BCUT2D eigenvalue weighted by Gasteiger charge is 2.34. The molecule has 60 valence electrons. The Bertz CT molecular complexity index is 98.9. The predicted molar refractivity (Wildman–Crippen MR) is 45.1 cm³/mol. The molecular formula is C9H19N. The Morgan fingerprint density at radius 1 is 1.50 bits per heavy atom. The number of nitrogens with zero attached hydrogens (tertiary/aromatic N) is 1. The van der Waals surface area contributed by atoms with E-state index in [1.165, 1.54) is 25.9 Å². The molecule has 0 spiro atoms. The van der Waals surface area contributed by atoms with Crippen LogP contribution in [0.3, 0.4) is 0 Å². The van der Waals surface area contributed by atoms with Gasteiger partial charge in [0.2, 0.25) is 0 Å². The van der Waals surface area contributed by atoms with Crippen molar-refractivity contribution in [3.63, 3.8) is 0 Å². The monoisotopic (exact) mass is 141 g/mol. The highest BCUT2D eigenvalue weighted by molar-refractivity contribution is 4.90. The van der Waals surface area contributed by atoms with E-state index < -0.39 is 0 Å². The summed E-state index contributed by atoms with van der Waals surface area (Å²) in [5.41, 5.74) is 0. The standard InChI is InChI=1S/C9H19N/c1-4-5-6-10-7-9(10)8(2)3/h8-9H,4-7H2,1-3H3/t9-,10?/m1/s1. The predicted octanol–water partition coefficient (Wildman–Crippen LogP) is 2.13. The van der Waals surface area contributed by atoms with E-state index in [1.807, 2.05) is 0 Å². The van der Waals surface area contributed by atoms with Crippen LogP contribution in [0.4, 0.5) is 0 Å². The van der Waals surface area contributed by atoms with Crippen LogP contribution in [0, 0.1) is 5.92 Å². The average Bonchev–Trinajstić information content (AvgIpc) is 2.62. The summed E-state index contributed by atoms with van der Waals surface area (Å²) in [5.74, 6) is 0.872. The van der Waals surface area contributed by atoms with Crippen molar-refractivity contribution in [1.29, 1.82) is 0 Å². The Labute approximate surface area is 64.4 Å². The van der Waals surface area contributed by atoms with Crippen molar-refractivity contribution in [1.82, 2.24) is 4.90 Å². The first-order chi connectivity index (χ1) is 4.75. The minimum Gasteiger partial charge on any atom is -0.297 e. The van der Waals surface area contributed by atoms with Crippen LogP contribution in [0.15, 0.2) is 0 Å². The fourth-order valence-electron chi connectivity index (χ4n) is 1.44. The molecule has 0 saturated carbocycles. The van der Waals surface area contributed by atoms with E-state index in [4.69, 9.17) is 0 Å². The number of hydrogen-bond donors (Lipinski definition) is 0. The molecule has 1 nitrogen and oxygen atoms in total. The third kappa shape index (κ3) is 1.98. The van der Waals surface area contributed by atoms with Crippen molar-refractivity contribution in [2.24, 2.45) is 5.92 Å². The summed E-state index contributed by atoms with van der Waals surface area (Å²) in [6.07, 6.45) is 2.71. The molecule has 1 aliphatic heterocycles. The second kappa shape index (κ2) is 3.38. The summed E-state index contributed by atoms with van der Waals surface area (Å²) in [5, 5.41) is 0. The minimum absolute atomic E-state index is 0.872. The first-order valence-electron chi connectivity index (χ1n) is 4.49. The summed E-state index contributed by atoms with van der Waals surface area (Å²) in [7, 11) is 0. The van der Waals surface area contributed by atoms with Gasteiger partial charge in [-0.15, -0.1) is 0 Å². The zero-order valence-corrected chi connectivity index (χ0v) is 7.43. The molecule has 0 radical (unpaired) electrons. The third-order valence-electron chi connectivity index (χ3n) is 2.33. The number of hydrogen-bond acceptors (Lipinski definition) is 1. The molecule has 0 aliphatic carbocycles. The fourth-order valence-corrected chi connectivity index (χ4v) is 1.44. The summed E-state index contributed by atoms with van der Waals surface area (Å²) in [6.45, 7) is 9.58. The lowest BCUT2D eigenvalue weighted by Crippen LogP contribution is -2.08. The van der Waals surface area contributed by atoms with Gasteiger partial charge in [0.1, 0.15) is 0 Å². The highest BCUT2D eigenvalue weighted by atomic mass is 15.3. The maximum Gasteiger partial charge on any atom is 0.0246 e.